The molecule has 1 N–H and O–H groups in total. The number of benzene rings is 1. The smallest absolute Gasteiger partial charge is 0.171 e. The molecule has 0 aliphatic heterocycles. The fourth-order valence-corrected chi connectivity index (χ4v) is 2.60. The topological polar surface area (TPSA) is 46.2 Å². The van der Waals surface area contributed by atoms with Gasteiger partial charge in [-0.05, 0) is 26.3 Å². The van der Waals surface area contributed by atoms with Crippen LogP contribution in [0.15, 0.2) is 42.1 Å². The molecule has 0 saturated heterocycles. The molecule has 112 valence electrons. The highest BCUT2D eigenvalue weighted by Crippen LogP contribution is 2.35. The highest BCUT2D eigenvalue weighted by Gasteiger charge is 2.37. The zero-order valence-corrected chi connectivity index (χ0v) is 13.1. The van der Waals surface area contributed by atoms with E-state index < -0.39 is 0 Å². The number of ketones is 2. The first-order chi connectivity index (χ1) is 9.79. The third-order valence-electron chi connectivity index (χ3n) is 3.87. The Bertz CT molecular complexity index is 567. The first-order valence-corrected chi connectivity index (χ1v) is 7.40. The monoisotopic (exact) mass is 285 g/mol. The van der Waals surface area contributed by atoms with E-state index in [1.807, 2.05) is 58.0 Å². The first-order valence-electron chi connectivity index (χ1n) is 7.40. The van der Waals surface area contributed by atoms with Crippen molar-refractivity contribution in [2.24, 2.45) is 5.92 Å². The summed E-state index contributed by atoms with van der Waals surface area (Å²) in [5.41, 5.74) is 1.21. The van der Waals surface area contributed by atoms with Crippen LogP contribution in [0.2, 0.25) is 0 Å². The van der Waals surface area contributed by atoms with Crippen molar-refractivity contribution in [1.29, 1.82) is 0 Å². The molecule has 0 radical (unpaired) electrons. The average Bonchev–Trinajstić information content (AvgIpc) is 2.42. The molecule has 1 aromatic carbocycles. The van der Waals surface area contributed by atoms with Crippen molar-refractivity contribution in [2.75, 3.05) is 0 Å². The third-order valence-corrected chi connectivity index (χ3v) is 3.87. The molecule has 1 fully saturated rings. The molecule has 2 unspecified atom stereocenters. The molecule has 2 rings (SSSR count). The molecule has 1 aliphatic carbocycles. The first kappa shape index (κ1) is 15.5. The Labute approximate surface area is 126 Å². The van der Waals surface area contributed by atoms with E-state index in [0.29, 0.717) is 12.0 Å². The lowest BCUT2D eigenvalue weighted by molar-refractivity contribution is -0.127. The molecule has 3 nitrogen and oxygen atoms in total. The van der Waals surface area contributed by atoms with E-state index in [0.717, 1.165) is 5.56 Å². The van der Waals surface area contributed by atoms with E-state index in [2.05, 4.69) is 5.32 Å². The number of nitrogens with one attached hydrogen (secondary N) is 1. The van der Waals surface area contributed by atoms with E-state index in [1.54, 1.807) is 6.20 Å². The highest BCUT2D eigenvalue weighted by atomic mass is 16.2. The number of Topliss-reactive ketones (excluding diaryl/α,β-unsaturated/α-hetero) is 2. The molecule has 0 amide bonds. The SMILES string of the molecule is CC1C(=O)/C(=C/NC(C)(C)C)C(=O)CC1c1ccccc1. The number of hydrogen-bond donors (Lipinski definition) is 1. The van der Waals surface area contributed by atoms with Crippen molar-refractivity contribution < 1.29 is 9.59 Å². The van der Waals surface area contributed by atoms with Gasteiger partial charge in [0.05, 0.1) is 5.57 Å². The van der Waals surface area contributed by atoms with E-state index in [-0.39, 0.29) is 28.9 Å². The molecule has 0 bridgehead atoms. The van der Waals surface area contributed by atoms with Crippen LogP contribution in [0, 0.1) is 5.92 Å². The molecular formula is C18H23NO2. The summed E-state index contributed by atoms with van der Waals surface area (Å²) in [4.78, 5) is 24.8. The van der Waals surface area contributed by atoms with Crippen LogP contribution in [0.5, 0.6) is 0 Å². The minimum absolute atomic E-state index is 0.0158. The van der Waals surface area contributed by atoms with Crippen molar-refractivity contribution in [3.05, 3.63) is 47.7 Å². The number of carbonyl (C=O) groups excluding carboxylic acids is 2. The van der Waals surface area contributed by atoms with Gasteiger partial charge in [-0.1, -0.05) is 37.3 Å². The van der Waals surface area contributed by atoms with Gasteiger partial charge in [0.1, 0.15) is 0 Å². The lowest BCUT2D eigenvalue weighted by atomic mass is 9.73. The Balaban J connectivity index is 2.24. The number of rotatable bonds is 2. The Morgan fingerprint density at radius 1 is 1.14 bits per heavy atom. The average molecular weight is 285 g/mol. The van der Waals surface area contributed by atoms with Crippen molar-refractivity contribution in [1.82, 2.24) is 5.32 Å². The summed E-state index contributed by atoms with van der Waals surface area (Å²) >= 11 is 0. The summed E-state index contributed by atoms with van der Waals surface area (Å²) in [6.45, 7) is 7.91. The van der Waals surface area contributed by atoms with Crippen LogP contribution < -0.4 is 5.32 Å². The van der Waals surface area contributed by atoms with E-state index >= 15 is 0 Å². The molecule has 0 aromatic heterocycles. The molecule has 1 aromatic rings. The number of carbonyl (C=O) groups is 2. The maximum atomic E-state index is 12.5. The van der Waals surface area contributed by atoms with Crippen LogP contribution in [0.25, 0.3) is 0 Å². The summed E-state index contributed by atoms with van der Waals surface area (Å²) in [7, 11) is 0. The lowest BCUT2D eigenvalue weighted by Gasteiger charge is -2.29. The number of allylic oxidation sites excluding steroid dienone is 1. The summed E-state index contributed by atoms with van der Waals surface area (Å²) in [5.74, 6) is -0.309. The predicted molar refractivity (Wildman–Crippen MR) is 83.9 cm³/mol. The highest BCUT2D eigenvalue weighted by molar-refractivity contribution is 6.23. The molecule has 0 spiro atoms. The molecule has 1 saturated carbocycles. The van der Waals surface area contributed by atoms with E-state index in [9.17, 15) is 9.59 Å². The summed E-state index contributed by atoms with van der Waals surface area (Å²) in [6.07, 6.45) is 2.00. The largest absolute Gasteiger partial charge is 0.386 e. The van der Waals surface area contributed by atoms with Gasteiger partial charge >= 0.3 is 0 Å². The van der Waals surface area contributed by atoms with Crippen molar-refractivity contribution in [2.45, 2.75) is 45.6 Å². The minimum atomic E-state index is -0.168. The quantitative estimate of drug-likeness (QED) is 0.670. The van der Waals surface area contributed by atoms with Gasteiger partial charge in [0, 0.05) is 30.0 Å². The second-order valence-electron chi connectivity index (χ2n) is 6.75. The normalized spacial score (nSPS) is 25.2. The van der Waals surface area contributed by atoms with Crippen LogP contribution >= 0.6 is 0 Å². The summed E-state index contributed by atoms with van der Waals surface area (Å²) < 4.78 is 0. The van der Waals surface area contributed by atoms with Gasteiger partial charge < -0.3 is 5.32 Å². The third kappa shape index (κ3) is 3.60. The Morgan fingerprint density at radius 3 is 2.33 bits per heavy atom. The fraction of sp³-hybridized carbons (Fsp3) is 0.444. The van der Waals surface area contributed by atoms with Crippen LogP contribution in [0.3, 0.4) is 0 Å². The van der Waals surface area contributed by atoms with Crippen molar-refractivity contribution in [3.8, 4) is 0 Å². The van der Waals surface area contributed by atoms with Crippen molar-refractivity contribution >= 4 is 11.6 Å². The zero-order valence-electron chi connectivity index (χ0n) is 13.1. The maximum Gasteiger partial charge on any atom is 0.171 e. The van der Waals surface area contributed by atoms with Crippen LogP contribution in [-0.2, 0) is 9.59 Å². The van der Waals surface area contributed by atoms with Crippen LogP contribution in [0.4, 0.5) is 0 Å². The van der Waals surface area contributed by atoms with Crippen molar-refractivity contribution in [3.63, 3.8) is 0 Å². The molecule has 2 atom stereocenters. The van der Waals surface area contributed by atoms with Gasteiger partial charge in [0.25, 0.3) is 0 Å². The standard InChI is InChI=1S/C18H23NO2/c1-12-14(13-8-6-5-7-9-13)10-16(20)15(17(12)21)11-19-18(2,3)4/h5-9,11-12,14,19H,10H2,1-4H3/b15-11+. The fourth-order valence-electron chi connectivity index (χ4n) is 2.60. The Kier molecular flexibility index (Phi) is 4.31. The van der Waals surface area contributed by atoms with Gasteiger partial charge in [-0.25, -0.2) is 0 Å². The molecule has 0 heterocycles. The zero-order chi connectivity index (χ0) is 15.6. The lowest BCUT2D eigenvalue weighted by Crippen LogP contribution is -2.37. The number of hydrogen-bond acceptors (Lipinski definition) is 3. The predicted octanol–water partition coefficient (Wildman–Crippen LogP) is 3.22. The van der Waals surface area contributed by atoms with Crippen LogP contribution in [0.1, 0.15) is 45.6 Å². The second-order valence-corrected chi connectivity index (χ2v) is 6.75. The minimum Gasteiger partial charge on any atom is -0.386 e. The molecule has 1 aliphatic rings. The van der Waals surface area contributed by atoms with Gasteiger partial charge in [-0.15, -0.1) is 0 Å². The summed E-state index contributed by atoms with van der Waals surface area (Å²) in [6, 6.07) is 9.82. The second kappa shape index (κ2) is 5.84. The summed E-state index contributed by atoms with van der Waals surface area (Å²) in [5, 5.41) is 3.12. The maximum absolute atomic E-state index is 12.5. The molecule has 3 heteroatoms. The van der Waals surface area contributed by atoms with E-state index in [1.165, 1.54) is 0 Å². The van der Waals surface area contributed by atoms with Gasteiger partial charge in [0.15, 0.2) is 11.6 Å². The van der Waals surface area contributed by atoms with Gasteiger partial charge in [0.2, 0.25) is 0 Å². The Morgan fingerprint density at radius 2 is 1.76 bits per heavy atom. The van der Waals surface area contributed by atoms with E-state index in [4.69, 9.17) is 0 Å². The molecular weight excluding hydrogens is 262 g/mol. The van der Waals surface area contributed by atoms with Crippen LogP contribution in [-0.4, -0.2) is 17.1 Å². The molecule has 21 heavy (non-hydrogen) atoms. The van der Waals surface area contributed by atoms with Gasteiger partial charge in [-0.3, -0.25) is 9.59 Å². The van der Waals surface area contributed by atoms with Gasteiger partial charge in [-0.2, -0.15) is 0 Å². The Hall–Kier alpha value is -1.90.